The maximum atomic E-state index is 12.2. The molecule has 1 aromatic heterocycles. The molecule has 1 aromatic carbocycles. The van der Waals surface area contributed by atoms with Crippen molar-refractivity contribution in [3.8, 4) is 5.75 Å². The lowest BCUT2D eigenvalue weighted by atomic mass is 10.2. The molecular formula is C16H17NO4S. The Morgan fingerprint density at radius 3 is 2.68 bits per heavy atom. The maximum absolute atomic E-state index is 12.2. The summed E-state index contributed by atoms with van der Waals surface area (Å²) in [6, 6.07) is 7.10. The molecule has 2 rings (SSSR count). The van der Waals surface area contributed by atoms with Crippen LogP contribution in [0.15, 0.2) is 35.0 Å². The molecule has 0 bridgehead atoms. The van der Waals surface area contributed by atoms with Crippen LogP contribution < -0.4 is 10.1 Å². The van der Waals surface area contributed by atoms with E-state index < -0.39 is 18.0 Å². The number of anilines is 1. The minimum Gasteiger partial charge on any atom is -0.495 e. The second kappa shape index (κ2) is 7.09. The van der Waals surface area contributed by atoms with Gasteiger partial charge in [-0.05, 0) is 43.0 Å². The van der Waals surface area contributed by atoms with Crippen LogP contribution in [-0.4, -0.2) is 25.1 Å². The summed E-state index contributed by atoms with van der Waals surface area (Å²) >= 11 is 1.39. The molecule has 0 aliphatic carbocycles. The Kier molecular flexibility index (Phi) is 5.16. The molecule has 0 unspecified atom stereocenters. The second-order valence-electron chi connectivity index (χ2n) is 4.75. The third kappa shape index (κ3) is 3.85. The fourth-order valence-electron chi connectivity index (χ4n) is 1.82. The minimum absolute atomic E-state index is 0.410. The summed E-state index contributed by atoms with van der Waals surface area (Å²) in [7, 11) is 1.53. The largest absolute Gasteiger partial charge is 0.495 e. The van der Waals surface area contributed by atoms with Crippen LogP contribution >= 0.6 is 11.3 Å². The average Bonchev–Trinajstić information content (AvgIpc) is 3.01. The van der Waals surface area contributed by atoms with Gasteiger partial charge in [0.05, 0.1) is 18.4 Å². The average molecular weight is 319 g/mol. The van der Waals surface area contributed by atoms with Gasteiger partial charge in [-0.3, -0.25) is 4.79 Å². The summed E-state index contributed by atoms with van der Waals surface area (Å²) in [4.78, 5) is 24.0. The van der Waals surface area contributed by atoms with Crippen molar-refractivity contribution in [2.24, 2.45) is 0 Å². The molecule has 0 spiro atoms. The van der Waals surface area contributed by atoms with E-state index in [2.05, 4.69) is 5.32 Å². The van der Waals surface area contributed by atoms with E-state index in [1.165, 1.54) is 25.4 Å². The molecule has 22 heavy (non-hydrogen) atoms. The maximum Gasteiger partial charge on any atom is 0.339 e. The fraction of sp³-hybridized carbons (Fsp3) is 0.250. The van der Waals surface area contributed by atoms with Crippen molar-refractivity contribution in [1.82, 2.24) is 0 Å². The summed E-state index contributed by atoms with van der Waals surface area (Å²) in [6.45, 7) is 3.44. The number of hydrogen-bond donors (Lipinski definition) is 1. The zero-order valence-electron chi connectivity index (χ0n) is 12.6. The first-order chi connectivity index (χ1) is 10.5. The third-order valence-electron chi connectivity index (χ3n) is 3.02. The number of nitrogens with one attached hydrogen (secondary N) is 1. The van der Waals surface area contributed by atoms with Crippen LogP contribution in [0.4, 0.5) is 5.69 Å². The van der Waals surface area contributed by atoms with Gasteiger partial charge in [0.25, 0.3) is 5.91 Å². The fourth-order valence-corrected chi connectivity index (χ4v) is 2.44. The van der Waals surface area contributed by atoms with Crippen molar-refractivity contribution < 1.29 is 19.1 Å². The Labute approximate surface area is 132 Å². The van der Waals surface area contributed by atoms with Crippen LogP contribution in [0, 0.1) is 6.92 Å². The van der Waals surface area contributed by atoms with Gasteiger partial charge < -0.3 is 14.8 Å². The van der Waals surface area contributed by atoms with Crippen molar-refractivity contribution in [3.63, 3.8) is 0 Å². The highest BCUT2D eigenvalue weighted by molar-refractivity contribution is 7.08. The van der Waals surface area contributed by atoms with Crippen molar-refractivity contribution in [1.29, 1.82) is 0 Å². The minimum atomic E-state index is -0.905. The van der Waals surface area contributed by atoms with Gasteiger partial charge in [0, 0.05) is 5.38 Å². The predicted octanol–water partition coefficient (Wildman–Crippen LogP) is 3.25. The zero-order valence-corrected chi connectivity index (χ0v) is 13.4. The number of thiophene rings is 1. The van der Waals surface area contributed by atoms with E-state index in [0.717, 1.165) is 5.56 Å². The molecule has 116 valence electrons. The molecule has 1 N–H and O–H groups in total. The summed E-state index contributed by atoms with van der Waals surface area (Å²) in [5.41, 5.74) is 1.97. The Hall–Kier alpha value is -2.34. The Morgan fingerprint density at radius 1 is 1.27 bits per heavy atom. The molecule has 0 aliphatic heterocycles. The lowest BCUT2D eigenvalue weighted by molar-refractivity contribution is -0.123. The Bertz CT molecular complexity index is 667. The van der Waals surface area contributed by atoms with E-state index in [9.17, 15) is 9.59 Å². The molecule has 1 atom stereocenters. The number of rotatable bonds is 5. The normalized spacial score (nSPS) is 11.6. The van der Waals surface area contributed by atoms with E-state index in [1.807, 2.05) is 13.0 Å². The number of aryl methyl sites for hydroxylation is 1. The van der Waals surface area contributed by atoms with Gasteiger partial charge in [0.2, 0.25) is 0 Å². The number of carbonyl (C=O) groups excluding carboxylic acids is 2. The van der Waals surface area contributed by atoms with Gasteiger partial charge in [-0.25, -0.2) is 4.79 Å². The van der Waals surface area contributed by atoms with Crippen LogP contribution in [0.5, 0.6) is 5.75 Å². The van der Waals surface area contributed by atoms with Crippen molar-refractivity contribution >= 4 is 28.9 Å². The SMILES string of the molecule is COc1ccc(C)cc1NC(=O)[C@@H](C)OC(=O)c1ccsc1. The van der Waals surface area contributed by atoms with E-state index >= 15 is 0 Å². The second-order valence-corrected chi connectivity index (χ2v) is 5.53. The number of ether oxygens (including phenoxy) is 2. The van der Waals surface area contributed by atoms with Crippen molar-refractivity contribution in [2.45, 2.75) is 20.0 Å². The quantitative estimate of drug-likeness (QED) is 0.859. The van der Waals surface area contributed by atoms with Crippen LogP contribution in [0.2, 0.25) is 0 Å². The Morgan fingerprint density at radius 2 is 2.05 bits per heavy atom. The third-order valence-corrected chi connectivity index (χ3v) is 3.71. The highest BCUT2D eigenvalue weighted by atomic mass is 32.1. The molecule has 0 aliphatic rings. The molecule has 6 heteroatoms. The molecule has 5 nitrogen and oxygen atoms in total. The smallest absolute Gasteiger partial charge is 0.339 e. The lowest BCUT2D eigenvalue weighted by Gasteiger charge is -2.15. The van der Waals surface area contributed by atoms with Gasteiger partial charge in [0.1, 0.15) is 5.75 Å². The number of benzene rings is 1. The first kappa shape index (κ1) is 16.0. The van der Waals surface area contributed by atoms with E-state index in [4.69, 9.17) is 9.47 Å². The number of methoxy groups -OCH3 is 1. The molecule has 1 amide bonds. The number of esters is 1. The van der Waals surface area contributed by atoms with Gasteiger partial charge in [-0.1, -0.05) is 6.07 Å². The molecule has 0 saturated carbocycles. The van der Waals surface area contributed by atoms with Crippen LogP contribution in [0.25, 0.3) is 0 Å². The summed E-state index contributed by atoms with van der Waals surface area (Å²) in [5.74, 6) is -0.372. The highest BCUT2D eigenvalue weighted by Crippen LogP contribution is 2.25. The molecule has 0 saturated heterocycles. The number of carbonyl (C=O) groups is 2. The van der Waals surface area contributed by atoms with Crippen LogP contribution in [0.3, 0.4) is 0 Å². The summed E-state index contributed by atoms with van der Waals surface area (Å²) in [5, 5.41) is 6.17. The summed E-state index contributed by atoms with van der Waals surface area (Å²) in [6.07, 6.45) is -0.905. The highest BCUT2D eigenvalue weighted by Gasteiger charge is 2.20. The van der Waals surface area contributed by atoms with Gasteiger partial charge in [-0.15, -0.1) is 0 Å². The van der Waals surface area contributed by atoms with Gasteiger partial charge >= 0.3 is 5.97 Å². The van der Waals surface area contributed by atoms with E-state index in [1.54, 1.807) is 29.0 Å². The monoisotopic (exact) mass is 319 g/mol. The molecular weight excluding hydrogens is 302 g/mol. The van der Waals surface area contributed by atoms with Gasteiger partial charge in [0.15, 0.2) is 6.10 Å². The number of hydrogen-bond acceptors (Lipinski definition) is 5. The predicted molar refractivity (Wildman–Crippen MR) is 85.6 cm³/mol. The topological polar surface area (TPSA) is 64.6 Å². The van der Waals surface area contributed by atoms with Crippen molar-refractivity contribution in [2.75, 3.05) is 12.4 Å². The lowest BCUT2D eigenvalue weighted by Crippen LogP contribution is -2.30. The standard InChI is InChI=1S/C16H17NO4S/c1-10-4-5-14(20-3)13(8-10)17-15(18)11(2)21-16(19)12-6-7-22-9-12/h4-9,11H,1-3H3,(H,17,18)/t11-/m1/s1. The molecule has 2 aromatic rings. The Balaban J connectivity index is 2.02. The first-order valence-electron chi connectivity index (χ1n) is 6.70. The first-order valence-corrected chi connectivity index (χ1v) is 7.64. The molecule has 0 radical (unpaired) electrons. The summed E-state index contributed by atoms with van der Waals surface area (Å²) < 4.78 is 10.3. The van der Waals surface area contributed by atoms with Crippen LogP contribution in [-0.2, 0) is 9.53 Å². The molecule has 1 heterocycles. The van der Waals surface area contributed by atoms with Gasteiger partial charge in [-0.2, -0.15) is 11.3 Å². The van der Waals surface area contributed by atoms with Crippen molar-refractivity contribution in [3.05, 3.63) is 46.2 Å². The molecule has 0 fully saturated rings. The van der Waals surface area contributed by atoms with E-state index in [0.29, 0.717) is 17.0 Å². The van der Waals surface area contributed by atoms with Crippen LogP contribution in [0.1, 0.15) is 22.8 Å². The zero-order chi connectivity index (χ0) is 16.1. The number of amides is 1. The van der Waals surface area contributed by atoms with E-state index in [-0.39, 0.29) is 0 Å².